The summed E-state index contributed by atoms with van der Waals surface area (Å²) in [7, 11) is 1.34. The molecule has 2 aromatic rings. The molecule has 19 heavy (non-hydrogen) atoms. The number of aromatic amines is 1. The molecule has 0 unspecified atom stereocenters. The van der Waals surface area contributed by atoms with Crippen molar-refractivity contribution in [1.82, 2.24) is 15.0 Å². The first-order valence-corrected chi connectivity index (χ1v) is 5.93. The molecule has 0 aliphatic rings. The van der Waals surface area contributed by atoms with Crippen molar-refractivity contribution >= 4 is 17.7 Å². The van der Waals surface area contributed by atoms with Crippen LogP contribution in [0, 0.1) is 0 Å². The lowest BCUT2D eigenvalue weighted by Crippen LogP contribution is -2.11. The Kier molecular flexibility index (Phi) is 3.81. The van der Waals surface area contributed by atoms with E-state index in [1.54, 1.807) is 0 Å². The number of nitrogens with one attached hydrogen (secondary N) is 1. The van der Waals surface area contributed by atoms with Gasteiger partial charge in [0.25, 0.3) is 5.56 Å². The summed E-state index contributed by atoms with van der Waals surface area (Å²) < 4.78 is 4.95. The van der Waals surface area contributed by atoms with Crippen molar-refractivity contribution in [3.8, 4) is 5.75 Å². The summed E-state index contributed by atoms with van der Waals surface area (Å²) in [4.78, 5) is 32.9. The zero-order valence-electron chi connectivity index (χ0n) is 9.78. The fraction of sp³-hybridized carbons (Fsp3) is 0.0909. The Morgan fingerprint density at radius 3 is 2.89 bits per heavy atom. The van der Waals surface area contributed by atoms with Crippen molar-refractivity contribution in [2.45, 2.75) is 10.1 Å². The van der Waals surface area contributed by atoms with E-state index in [0.29, 0.717) is 0 Å². The molecule has 7 nitrogen and oxygen atoms in total. The van der Waals surface area contributed by atoms with Crippen molar-refractivity contribution in [3.63, 3.8) is 0 Å². The van der Waals surface area contributed by atoms with Gasteiger partial charge in [0.15, 0.2) is 5.03 Å². The fourth-order valence-electron chi connectivity index (χ4n) is 1.35. The number of aromatic carboxylic acids is 1. The summed E-state index contributed by atoms with van der Waals surface area (Å²) in [6.45, 7) is 0. The molecule has 0 spiro atoms. The van der Waals surface area contributed by atoms with Gasteiger partial charge >= 0.3 is 5.97 Å². The molecule has 98 valence electrons. The number of rotatable bonds is 4. The smallest absolute Gasteiger partial charge is 0.338 e. The highest BCUT2D eigenvalue weighted by molar-refractivity contribution is 7.99. The van der Waals surface area contributed by atoms with Crippen molar-refractivity contribution in [3.05, 3.63) is 40.6 Å². The topological polar surface area (TPSA) is 105 Å². The van der Waals surface area contributed by atoms with E-state index in [4.69, 9.17) is 9.84 Å². The Labute approximate surface area is 111 Å². The zero-order valence-corrected chi connectivity index (χ0v) is 10.6. The summed E-state index contributed by atoms with van der Waals surface area (Å²) in [5.74, 6) is -1.08. The number of methoxy groups -OCH3 is 1. The highest BCUT2D eigenvalue weighted by Gasteiger charge is 2.16. The van der Waals surface area contributed by atoms with Crippen LogP contribution in [0.4, 0.5) is 0 Å². The minimum atomic E-state index is -1.10. The number of H-pyrrole nitrogens is 1. The van der Waals surface area contributed by atoms with Gasteiger partial charge in [-0.15, -0.1) is 0 Å². The van der Waals surface area contributed by atoms with Gasteiger partial charge in [-0.2, -0.15) is 0 Å². The van der Waals surface area contributed by atoms with Gasteiger partial charge in [-0.3, -0.25) is 4.79 Å². The fourth-order valence-corrected chi connectivity index (χ4v) is 2.29. The van der Waals surface area contributed by atoms with Crippen molar-refractivity contribution in [2.75, 3.05) is 7.11 Å². The molecule has 2 heterocycles. The van der Waals surface area contributed by atoms with Crippen LogP contribution < -0.4 is 10.3 Å². The number of hydrogen-bond acceptors (Lipinski definition) is 6. The molecule has 0 saturated heterocycles. The van der Waals surface area contributed by atoms with E-state index in [1.807, 2.05) is 0 Å². The van der Waals surface area contributed by atoms with Gasteiger partial charge in [-0.1, -0.05) is 0 Å². The van der Waals surface area contributed by atoms with E-state index < -0.39 is 11.5 Å². The van der Waals surface area contributed by atoms with E-state index in [-0.39, 0.29) is 21.4 Å². The predicted molar refractivity (Wildman–Crippen MR) is 66.7 cm³/mol. The van der Waals surface area contributed by atoms with Gasteiger partial charge in [0, 0.05) is 6.20 Å². The molecule has 2 N–H and O–H groups in total. The monoisotopic (exact) mass is 279 g/mol. The molecule has 0 aliphatic carbocycles. The average molecular weight is 279 g/mol. The van der Waals surface area contributed by atoms with Crippen LogP contribution in [0.2, 0.25) is 0 Å². The summed E-state index contributed by atoms with van der Waals surface area (Å²) in [6, 6.07) is 2.95. The van der Waals surface area contributed by atoms with Crippen LogP contribution in [0.25, 0.3) is 0 Å². The van der Waals surface area contributed by atoms with Crippen LogP contribution in [-0.4, -0.2) is 33.1 Å². The number of carboxylic acids is 1. The molecule has 0 atom stereocenters. The maximum Gasteiger partial charge on any atom is 0.338 e. The lowest BCUT2D eigenvalue weighted by Gasteiger charge is -2.06. The van der Waals surface area contributed by atoms with E-state index in [2.05, 4.69) is 15.0 Å². The molecule has 0 radical (unpaired) electrons. The quantitative estimate of drug-likeness (QED) is 0.805. The Morgan fingerprint density at radius 2 is 2.21 bits per heavy atom. The van der Waals surface area contributed by atoms with Gasteiger partial charge in [0.2, 0.25) is 5.75 Å². The van der Waals surface area contributed by atoms with E-state index in [9.17, 15) is 9.59 Å². The minimum absolute atomic E-state index is 0.0227. The standard InChI is InChI=1S/C11H9N3O4S/c1-18-7-8(15)13-5-14-10(7)19-9-6(11(16)17)3-2-4-12-9/h2-5H,1H3,(H,16,17)(H,13,14,15). The van der Waals surface area contributed by atoms with Crippen LogP contribution in [0.5, 0.6) is 5.75 Å². The molecule has 0 saturated carbocycles. The van der Waals surface area contributed by atoms with Gasteiger partial charge < -0.3 is 14.8 Å². The number of hydrogen-bond donors (Lipinski definition) is 2. The molecule has 0 aromatic carbocycles. The second kappa shape index (κ2) is 5.53. The van der Waals surface area contributed by atoms with Crippen molar-refractivity contribution < 1.29 is 14.6 Å². The average Bonchev–Trinajstić information content (AvgIpc) is 2.39. The predicted octanol–water partition coefficient (Wildman–Crippen LogP) is 1.02. The van der Waals surface area contributed by atoms with Crippen LogP contribution in [0.1, 0.15) is 10.4 Å². The Balaban J connectivity index is 2.45. The van der Waals surface area contributed by atoms with Gasteiger partial charge in [-0.25, -0.2) is 14.8 Å². The highest BCUT2D eigenvalue weighted by Crippen LogP contribution is 2.31. The summed E-state index contributed by atoms with van der Waals surface area (Å²) in [5, 5.41) is 9.55. The van der Waals surface area contributed by atoms with E-state index in [0.717, 1.165) is 11.8 Å². The minimum Gasteiger partial charge on any atom is -0.489 e. The number of pyridine rings is 1. The van der Waals surface area contributed by atoms with Crippen LogP contribution in [-0.2, 0) is 0 Å². The number of aromatic nitrogens is 3. The van der Waals surface area contributed by atoms with Crippen LogP contribution >= 0.6 is 11.8 Å². The molecule has 2 rings (SSSR count). The summed E-state index contributed by atoms with van der Waals surface area (Å²) >= 11 is 0.960. The second-order valence-electron chi connectivity index (χ2n) is 3.33. The third-order valence-corrected chi connectivity index (χ3v) is 3.18. The molecule has 2 aromatic heterocycles. The molecule has 8 heteroatoms. The maximum atomic E-state index is 11.5. The number of ether oxygens (including phenoxy) is 1. The third-order valence-electron chi connectivity index (χ3n) is 2.18. The molecule has 0 aliphatic heterocycles. The zero-order chi connectivity index (χ0) is 13.8. The van der Waals surface area contributed by atoms with Gasteiger partial charge in [0.1, 0.15) is 5.03 Å². The lowest BCUT2D eigenvalue weighted by molar-refractivity contribution is 0.0692. The van der Waals surface area contributed by atoms with Crippen molar-refractivity contribution in [2.24, 2.45) is 0 Å². The number of carbonyl (C=O) groups is 1. The molecular formula is C11H9N3O4S. The maximum absolute atomic E-state index is 11.5. The third kappa shape index (κ3) is 2.74. The SMILES string of the molecule is COc1c(Sc2ncccc2C(=O)O)nc[nH]c1=O. The van der Waals surface area contributed by atoms with Gasteiger partial charge in [0.05, 0.1) is 19.0 Å². The molecule has 0 bridgehead atoms. The Morgan fingerprint density at radius 1 is 1.42 bits per heavy atom. The second-order valence-corrected chi connectivity index (χ2v) is 4.31. The molecule has 0 fully saturated rings. The highest BCUT2D eigenvalue weighted by atomic mass is 32.2. The first kappa shape index (κ1) is 13.1. The summed E-state index contributed by atoms with van der Waals surface area (Å²) in [6.07, 6.45) is 2.69. The number of carboxylic acid groups (broad SMARTS) is 1. The first-order valence-electron chi connectivity index (χ1n) is 5.11. The Hall–Kier alpha value is -2.35. The van der Waals surface area contributed by atoms with Crippen LogP contribution in [0.15, 0.2) is 39.5 Å². The van der Waals surface area contributed by atoms with E-state index >= 15 is 0 Å². The molecular weight excluding hydrogens is 270 g/mol. The number of nitrogens with zero attached hydrogens (tertiary/aromatic N) is 2. The lowest BCUT2D eigenvalue weighted by atomic mass is 10.3. The van der Waals surface area contributed by atoms with Gasteiger partial charge in [-0.05, 0) is 23.9 Å². The van der Waals surface area contributed by atoms with Crippen LogP contribution in [0.3, 0.4) is 0 Å². The largest absolute Gasteiger partial charge is 0.489 e. The Bertz CT molecular complexity index is 671. The van der Waals surface area contributed by atoms with E-state index in [1.165, 1.54) is 31.8 Å². The normalized spacial score (nSPS) is 10.2. The summed E-state index contributed by atoms with van der Waals surface area (Å²) in [5.41, 5.74) is -0.399. The molecule has 0 amide bonds. The van der Waals surface area contributed by atoms with Crippen molar-refractivity contribution in [1.29, 1.82) is 0 Å². The first-order chi connectivity index (χ1) is 9.13.